The Morgan fingerprint density at radius 1 is 0.871 bits per heavy atom. The molecule has 3 aromatic rings. The first kappa shape index (κ1) is 19.8. The van der Waals surface area contributed by atoms with Crippen LogP contribution >= 0.6 is 0 Å². The zero-order valence-corrected chi connectivity index (χ0v) is 15.7. The molecule has 0 saturated heterocycles. The molecule has 0 aliphatic carbocycles. The van der Waals surface area contributed by atoms with Gasteiger partial charge < -0.3 is 14.2 Å². The fourth-order valence-corrected chi connectivity index (χ4v) is 3.10. The maximum atomic E-state index is 12.3. The van der Waals surface area contributed by atoms with Crippen molar-refractivity contribution < 1.29 is 33.5 Å². The van der Waals surface area contributed by atoms with Crippen LogP contribution in [0.3, 0.4) is 0 Å². The summed E-state index contributed by atoms with van der Waals surface area (Å²) < 4.78 is 15.2. The molecule has 1 unspecified atom stereocenters. The SMILES string of the molecule is O=C(Oc1ccc([N+](=O)[O-])cc1)C(=O)Oc1ccc2c(c1)C(c1ccccc1)C(=O)O2. The molecule has 0 fully saturated rings. The van der Waals surface area contributed by atoms with Gasteiger partial charge in [-0.2, -0.15) is 0 Å². The summed E-state index contributed by atoms with van der Waals surface area (Å²) in [5.41, 5.74) is 1.03. The topological polar surface area (TPSA) is 122 Å². The number of nitro groups is 1. The molecule has 1 aliphatic heterocycles. The first-order valence-electron chi connectivity index (χ1n) is 9.01. The molecule has 0 N–H and O–H groups in total. The van der Waals surface area contributed by atoms with Gasteiger partial charge in [-0.1, -0.05) is 30.3 Å². The van der Waals surface area contributed by atoms with E-state index in [-0.39, 0.29) is 17.2 Å². The first-order chi connectivity index (χ1) is 14.9. The highest BCUT2D eigenvalue weighted by Gasteiger charge is 2.35. The van der Waals surface area contributed by atoms with E-state index in [4.69, 9.17) is 14.2 Å². The molecule has 154 valence electrons. The monoisotopic (exact) mass is 419 g/mol. The average Bonchev–Trinajstić information content (AvgIpc) is 3.09. The van der Waals surface area contributed by atoms with Gasteiger partial charge in [0.15, 0.2) is 0 Å². The van der Waals surface area contributed by atoms with Crippen molar-refractivity contribution in [1.82, 2.24) is 0 Å². The van der Waals surface area contributed by atoms with Crippen molar-refractivity contribution in [2.45, 2.75) is 5.92 Å². The van der Waals surface area contributed by atoms with Crippen molar-refractivity contribution in [3.63, 3.8) is 0 Å². The lowest BCUT2D eigenvalue weighted by Gasteiger charge is -2.09. The van der Waals surface area contributed by atoms with Crippen molar-refractivity contribution in [3.8, 4) is 17.2 Å². The zero-order chi connectivity index (χ0) is 22.0. The molecule has 1 aliphatic rings. The number of esters is 3. The Morgan fingerprint density at radius 3 is 2.13 bits per heavy atom. The van der Waals surface area contributed by atoms with E-state index in [0.29, 0.717) is 16.9 Å². The Bertz CT molecular complexity index is 1190. The minimum Gasteiger partial charge on any atom is -0.425 e. The predicted molar refractivity (Wildman–Crippen MR) is 105 cm³/mol. The molecular weight excluding hydrogens is 406 g/mol. The van der Waals surface area contributed by atoms with Gasteiger partial charge in [-0.3, -0.25) is 14.9 Å². The fourth-order valence-electron chi connectivity index (χ4n) is 3.10. The van der Waals surface area contributed by atoms with E-state index in [2.05, 4.69) is 0 Å². The number of hydrogen-bond donors (Lipinski definition) is 0. The van der Waals surface area contributed by atoms with Crippen LogP contribution in [0, 0.1) is 10.1 Å². The summed E-state index contributed by atoms with van der Waals surface area (Å²) in [5, 5.41) is 10.7. The van der Waals surface area contributed by atoms with Crippen molar-refractivity contribution in [2.75, 3.05) is 0 Å². The third kappa shape index (κ3) is 4.10. The minimum atomic E-state index is -1.30. The fraction of sp³-hybridized carbons (Fsp3) is 0.0455. The average molecular weight is 419 g/mol. The van der Waals surface area contributed by atoms with Gasteiger partial charge in [0.05, 0.1) is 4.92 Å². The van der Waals surface area contributed by atoms with E-state index in [1.165, 1.54) is 30.3 Å². The summed E-state index contributed by atoms with van der Waals surface area (Å²) >= 11 is 0. The van der Waals surface area contributed by atoms with Crippen LogP contribution in [-0.4, -0.2) is 22.8 Å². The lowest BCUT2D eigenvalue weighted by molar-refractivity contribution is -0.384. The van der Waals surface area contributed by atoms with Gasteiger partial charge in [0.25, 0.3) is 5.69 Å². The van der Waals surface area contributed by atoms with Gasteiger partial charge in [0, 0.05) is 17.7 Å². The summed E-state index contributed by atoms with van der Waals surface area (Å²) in [5.74, 6) is -3.41. The second-order valence-electron chi connectivity index (χ2n) is 6.49. The van der Waals surface area contributed by atoms with E-state index in [1.54, 1.807) is 24.3 Å². The zero-order valence-electron chi connectivity index (χ0n) is 15.7. The second kappa shape index (κ2) is 8.07. The van der Waals surface area contributed by atoms with Crippen molar-refractivity contribution in [2.24, 2.45) is 0 Å². The number of carbonyl (C=O) groups is 3. The molecule has 1 heterocycles. The summed E-state index contributed by atoms with van der Waals surface area (Å²) in [4.78, 5) is 46.4. The molecule has 9 heteroatoms. The third-order valence-electron chi connectivity index (χ3n) is 4.51. The number of rotatable bonds is 4. The molecule has 1 atom stereocenters. The highest BCUT2D eigenvalue weighted by molar-refractivity contribution is 6.31. The van der Waals surface area contributed by atoms with Crippen LogP contribution in [0.15, 0.2) is 72.8 Å². The Hall–Kier alpha value is -4.53. The van der Waals surface area contributed by atoms with Crippen LogP contribution < -0.4 is 14.2 Å². The smallest absolute Gasteiger partial charge is 0.423 e. The standard InChI is InChI=1S/C22H13NO8/c24-20-19(13-4-2-1-3-5-13)17-12-16(10-11-18(17)31-20)30-22(26)21(25)29-15-8-6-14(7-9-15)23(27)28/h1-12,19H. The Labute approximate surface area is 174 Å². The number of hydrogen-bond acceptors (Lipinski definition) is 8. The van der Waals surface area contributed by atoms with Gasteiger partial charge in [0.1, 0.15) is 23.2 Å². The molecule has 0 saturated carbocycles. The third-order valence-corrected chi connectivity index (χ3v) is 4.51. The molecular formula is C22H13NO8. The molecule has 3 aromatic carbocycles. The van der Waals surface area contributed by atoms with Crippen LogP contribution in [0.4, 0.5) is 5.69 Å². The Morgan fingerprint density at radius 2 is 1.48 bits per heavy atom. The summed E-state index contributed by atoms with van der Waals surface area (Å²) in [7, 11) is 0. The highest BCUT2D eigenvalue weighted by atomic mass is 16.6. The first-order valence-corrected chi connectivity index (χ1v) is 9.01. The van der Waals surface area contributed by atoms with E-state index >= 15 is 0 Å². The molecule has 0 amide bonds. The van der Waals surface area contributed by atoms with Gasteiger partial charge in [0.2, 0.25) is 0 Å². The number of nitro benzene ring substituents is 1. The van der Waals surface area contributed by atoms with Crippen molar-refractivity contribution >= 4 is 23.6 Å². The summed E-state index contributed by atoms with van der Waals surface area (Å²) in [6.07, 6.45) is 0. The second-order valence-corrected chi connectivity index (χ2v) is 6.49. The number of fused-ring (bicyclic) bond motifs is 1. The summed E-state index contributed by atoms with van der Waals surface area (Å²) in [6, 6.07) is 17.9. The number of nitrogens with zero attached hydrogens (tertiary/aromatic N) is 1. The molecule has 0 bridgehead atoms. The maximum absolute atomic E-state index is 12.3. The van der Waals surface area contributed by atoms with Gasteiger partial charge in [-0.15, -0.1) is 0 Å². The number of carbonyl (C=O) groups excluding carboxylic acids is 3. The van der Waals surface area contributed by atoms with E-state index in [9.17, 15) is 24.5 Å². The van der Waals surface area contributed by atoms with E-state index in [0.717, 1.165) is 12.1 Å². The van der Waals surface area contributed by atoms with Crippen LogP contribution in [0.25, 0.3) is 0 Å². The molecule has 0 aromatic heterocycles. The van der Waals surface area contributed by atoms with Gasteiger partial charge >= 0.3 is 17.9 Å². The lowest BCUT2D eigenvalue weighted by Crippen LogP contribution is -2.25. The van der Waals surface area contributed by atoms with Crippen molar-refractivity contribution in [1.29, 1.82) is 0 Å². The van der Waals surface area contributed by atoms with Crippen molar-refractivity contribution in [3.05, 3.63) is 94.0 Å². The Kier molecular flexibility index (Phi) is 5.15. The molecule has 0 radical (unpaired) electrons. The number of ether oxygens (including phenoxy) is 3. The highest BCUT2D eigenvalue weighted by Crippen LogP contribution is 2.40. The van der Waals surface area contributed by atoms with Gasteiger partial charge in [-0.05, 0) is 35.9 Å². The largest absolute Gasteiger partial charge is 0.425 e. The van der Waals surface area contributed by atoms with Crippen LogP contribution in [0.2, 0.25) is 0 Å². The normalized spacial score (nSPS) is 14.3. The van der Waals surface area contributed by atoms with Crippen LogP contribution in [0.5, 0.6) is 17.2 Å². The molecule has 31 heavy (non-hydrogen) atoms. The lowest BCUT2D eigenvalue weighted by atomic mass is 9.92. The predicted octanol–water partition coefficient (Wildman–Crippen LogP) is 3.16. The van der Waals surface area contributed by atoms with Crippen LogP contribution in [-0.2, 0) is 14.4 Å². The number of non-ortho nitro benzene ring substituents is 1. The maximum Gasteiger partial charge on any atom is 0.423 e. The summed E-state index contributed by atoms with van der Waals surface area (Å²) in [6.45, 7) is 0. The van der Waals surface area contributed by atoms with Crippen LogP contribution in [0.1, 0.15) is 17.0 Å². The quantitative estimate of drug-likeness (QED) is 0.208. The molecule has 4 rings (SSSR count). The molecule has 0 spiro atoms. The molecule has 9 nitrogen and oxygen atoms in total. The Balaban J connectivity index is 1.48. The number of benzene rings is 3. The van der Waals surface area contributed by atoms with Gasteiger partial charge in [-0.25, -0.2) is 9.59 Å². The minimum absolute atomic E-state index is 0.0311. The van der Waals surface area contributed by atoms with E-state index < -0.39 is 28.7 Å². The van der Waals surface area contributed by atoms with E-state index in [1.807, 2.05) is 6.07 Å².